The van der Waals surface area contributed by atoms with Crippen molar-refractivity contribution in [3.8, 4) is 0 Å². The molecule has 1 N–H and O–H groups in total. The van der Waals surface area contributed by atoms with E-state index >= 15 is 0 Å². The van der Waals surface area contributed by atoms with Gasteiger partial charge in [0, 0.05) is 39.5 Å². The molecule has 0 aromatic heterocycles. The van der Waals surface area contributed by atoms with Gasteiger partial charge in [-0.05, 0) is 53.9 Å². The molecular weight excluding hydrogens is 523 g/mol. The van der Waals surface area contributed by atoms with E-state index in [1.165, 1.54) is 11.8 Å². The maximum atomic E-state index is 13.6. The number of benzene rings is 3. The van der Waals surface area contributed by atoms with E-state index in [2.05, 4.69) is 5.32 Å². The Kier molecular flexibility index (Phi) is 10.8. The molecule has 3 rings (SSSR count). The van der Waals surface area contributed by atoms with Crippen molar-refractivity contribution < 1.29 is 9.59 Å². The SMILES string of the molecule is CCCNC(=O)[C@@H](Cc1ccccc1)N(Cc1ccc(Cl)cc1Cl)C(=O)CSc1ccc(Cl)cc1. The van der Waals surface area contributed by atoms with Gasteiger partial charge >= 0.3 is 0 Å². The Bertz CT molecular complexity index is 1130. The fourth-order valence-electron chi connectivity index (χ4n) is 3.51. The number of halogens is 3. The third kappa shape index (κ3) is 8.46. The lowest BCUT2D eigenvalue weighted by Crippen LogP contribution is -2.51. The molecule has 184 valence electrons. The van der Waals surface area contributed by atoms with Crippen LogP contribution in [-0.4, -0.2) is 35.1 Å². The van der Waals surface area contributed by atoms with E-state index < -0.39 is 6.04 Å². The minimum atomic E-state index is -0.700. The second-order valence-electron chi connectivity index (χ2n) is 8.00. The minimum Gasteiger partial charge on any atom is -0.354 e. The lowest BCUT2D eigenvalue weighted by molar-refractivity contribution is -0.139. The molecule has 4 nitrogen and oxygen atoms in total. The predicted octanol–water partition coefficient (Wildman–Crippen LogP) is 6.91. The van der Waals surface area contributed by atoms with E-state index in [4.69, 9.17) is 34.8 Å². The summed E-state index contributed by atoms with van der Waals surface area (Å²) in [6.07, 6.45) is 1.19. The second-order valence-corrected chi connectivity index (χ2v) is 10.3. The quantitative estimate of drug-likeness (QED) is 0.265. The van der Waals surface area contributed by atoms with E-state index in [-0.39, 0.29) is 24.1 Å². The molecule has 0 unspecified atom stereocenters. The number of hydrogen-bond acceptors (Lipinski definition) is 3. The maximum Gasteiger partial charge on any atom is 0.243 e. The standard InChI is InChI=1S/C27H27Cl3N2O2S/c1-2-14-31-27(34)25(15-19-6-4-3-5-7-19)32(17-20-8-9-22(29)16-24(20)30)26(33)18-35-23-12-10-21(28)11-13-23/h3-13,16,25H,2,14-15,17-18H2,1H3,(H,31,34)/t25-/m1/s1. The smallest absolute Gasteiger partial charge is 0.243 e. The van der Waals surface area contributed by atoms with Crippen LogP contribution in [-0.2, 0) is 22.6 Å². The lowest BCUT2D eigenvalue weighted by atomic mass is 10.0. The summed E-state index contributed by atoms with van der Waals surface area (Å²) in [6, 6.07) is 21.5. The van der Waals surface area contributed by atoms with Gasteiger partial charge in [0.2, 0.25) is 11.8 Å². The molecule has 3 aromatic rings. The van der Waals surface area contributed by atoms with Gasteiger partial charge in [-0.2, -0.15) is 0 Å². The van der Waals surface area contributed by atoms with E-state index in [0.717, 1.165) is 22.4 Å². The highest BCUT2D eigenvalue weighted by Crippen LogP contribution is 2.26. The molecule has 8 heteroatoms. The summed E-state index contributed by atoms with van der Waals surface area (Å²) >= 11 is 19.9. The van der Waals surface area contributed by atoms with Gasteiger partial charge in [0.05, 0.1) is 5.75 Å². The molecular formula is C27H27Cl3N2O2S. The zero-order chi connectivity index (χ0) is 25.2. The van der Waals surface area contributed by atoms with Crippen LogP contribution in [0, 0.1) is 0 Å². The Morgan fingerprint density at radius 3 is 2.29 bits per heavy atom. The van der Waals surface area contributed by atoms with Gasteiger partial charge in [0.25, 0.3) is 0 Å². The summed E-state index contributed by atoms with van der Waals surface area (Å²) in [4.78, 5) is 29.5. The zero-order valence-corrected chi connectivity index (χ0v) is 22.4. The van der Waals surface area contributed by atoms with Crippen LogP contribution >= 0.6 is 46.6 Å². The second kappa shape index (κ2) is 13.8. The first-order valence-electron chi connectivity index (χ1n) is 11.3. The van der Waals surface area contributed by atoms with Crippen LogP contribution in [0.4, 0.5) is 0 Å². The molecule has 0 heterocycles. The molecule has 0 aliphatic heterocycles. The molecule has 0 saturated carbocycles. The first-order chi connectivity index (χ1) is 16.9. The molecule has 3 aromatic carbocycles. The van der Waals surface area contributed by atoms with Gasteiger partial charge < -0.3 is 10.2 Å². The van der Waals surface area contributed by atoms with Crippen LogP contribution in [0.15, 0.2) is 77.7 Å². The van der Waals surface area contributed by atoms with Gasteiger partial charge in [0.15, 0.2) is 0 Å². The van der Waals surface area contributed by atoms with Gasteiger partial charge in [-0.3, -0.25) is 9.59 Å². The molecule has 0 fully saturated rings. The summed E-state index contributed by atoms with van der Waals surface area (Å²) in [6.45, 7) is 2.71. The largest absolute Gasteiger partial charge is 0.354 e. The Morgan fingerprint density at radius 2 is 1.63 bits per heavy atom. The Labute approximate surface area is 225 Å². The molecule has 2 amide bonds. The summed E-state index contributed by atoms with van der Waals surface area (Å²) < 4.78 is 0. The first kappa shape index (κ1) is 27.4. The average Bonchev–Trinajstić information content (AvgIpc) is 2.86. The number of carbonyl (C=O) groups is 2. The molecule has 1 atom stereocenters. The fourth-order valence-corrected chi connectivity index (χ4v) is 4.89. The summed E-state index contributed by atoms with van der Waals surface area (Å²) in [5.74, 6) is -0.187. The number of nitrogens with one attached hydrogen (secondary N) is 1. The molecule has 0 saturated heterocycles. The Morgan fingerprint density at radius 1 is 0.943 bits per heavy atom. The van der Waals surface area contributed by atoms with Crippen LogP contribution in [0.3, 0.4) is 0 Å². The van der Waals surface area contributed by atoms with E-state index in [0.29, 0.717) is 28.0 Å². The van der Waals surface area contributed by atoms with E-state index in [1.807, 2.05) is 49.4 Å². The molecule has 0 spiro atoms. The van der Waals surface area contributed by atoms with E-state index in [9.17, 15) is 9.59 Å². The van der Waals surface area contributed by atoms with Crippen molar-refractivity contribution in [2.75, 3.05) is 12.3 Å². The van der Waals surface area contributed by atoms with Crippen molar-refractivity contribution in [1.29, 1.82) is 0 Å². The van der Waals surface area contributed by atoms with Crippen molar-refractivity contribution in [3.63, 3.8) is 0 Å². The van der Waals surface area contributed by atoms with Crippen molar-refractivity contribution >= 4 is 58.4 Å². The van der Waals surface area contributed by atoms with Crippen molar-refractivity contribution in [2.45, 2.75) is 37.2 Å². The number of amides is 2. The van der Waals surface area contributed by atoms with Crippen molar-refractivity contribution in [2.24, 2.45) is 0 Å². The van der Waals surface area contributed by atoms with Gasteiger partial charge in [-0.1, -0.05) is 78.1 Å². The minimum absolute atomic E-state index is 0.163. The van der Waals surface area contributed by atoms with Gasteiger partial charge in [-0.25, -0.2) is 0 Å². The van der Waals surface area contributed by atoms with Crippen LogP contribution in [0.5, 0.6) is 0 Å². The molecule has 0 aliphatic rings. The number of hydrogen-bond donors (Lipinski definition) is 1. The third-order valence-electron chi connectivity index (χ3n) is 5.35. The van der Waals surface area contributed by atoms with Crippen LogP contribution < -0.4 is 5.32 Å². The molecule has 35 heavy (non-hydrogen) atoms. The van der Waals surface area contributed by atoms with E-state index in [1.54, 1.807) is 35.2 Å². The normalized spacial score (nSPS) is 11.7. The van der Waals surface area contributed by atoms with Crippen LogP contribution in [0.1, 0.15) is 24.5 Å². The predicted molar refractivity (Wildman–Crippen MR) is 146 cm³/mol. The molecule has 0 aliphatic carbocycles. The summed E-state index contributed by atoms with van der Waals surface area (Å²) in [5.41, 5.74) is 1.69. The number of carbonyl (C=O) groups excluding carboxylic acids is 2. The highest BCUT2D eigenvalue weighted by Gasteiger charge is 2.30. The van der Waals surface area contributed by atoms with Crippen LogP contribution in [0.2, 0.25) is 15.1 Å². The first-order valence-corrected chi connectivity index (χ1v) is 13.4. The van der Waals surface area contributed by atoms with Gasteiger partial charge in [-0.15, -0.1) is 11.8 Å². The summed E-state index contributed by atoms with van der Waals surface area (Å²) in [5, 5.41) is 4.57. The topological polar surface area (TPSA) is 49.4 Å². The number of nitrogens with zero attached hydrogens (tertiary/aromatic N) is 1. The van der Waals surface area contributed by atoms with Gasteiger partial charge in [0.1, 0.15) is 6.04 Å². The Hall–Kier alpha value is -2.18. The highest BCUT2D eigenvalue weighted by atomic mass is 35.5. The number of rotatable bonds is 11. The summed E-state index contributed by atoms with van der Waals surface area (Å²) in [7, 11) is 0. The maximum absolute atomic E-state index is 13.6. The van der Waals surface area contributed by atoms with Crippen LogP contribution in [0.25, 0.3) is 0 Å². The number of thioether (sulfide) groups is 1. The molecule has 0 radical (unpaired) electrons. The van der Waals surface area contributed by atoms with Crippen molar-refractivity contribution in [1.82, 2.24) is 10.2 Å². The van der Waals surface area contributed by atoms with Crippen molar-refractivity contribution in [3.05, 3.63) is 99.0 Å². The molecule has 0 bridgehead atoms. The lowest BCUT2D eigenvalue weighted by Gasteiger charge is -2.32. The fraction of sp³-hybridized carbons (Fsp3) is 0.259. The Balaban J connectivity index is 1.91. The highest BCUT2D eigenvalue weighted by molar-refractivity contribution is 8.00. The average molecular weight is 550 g/mol. The zero-order valence-electron chi connectivity index (χ0n) is 19.3. The third-order valence-corrected chi connectivity index (χ3v) is 7.19. The monoisotopic (exact) mass is 548 g/mol.